The van der Waals surface area contributed by atoms with Crippen molar-refractivity contribution < 1.29 is 4.74 Å². The monoisotopic (exact) mass is 308 g/mol. The Kier molecular flexibility index (Phi) is 3.06. The predicted octanol–water partition coefficient (Wildman–Crippen LogP) is 2.76. The molecule has 1 aliphatic rings. The molecular formula is C8H10Br2N2O. The van der Waals surface area contributed by atoms with E-state index in [0.717, 1.165) is 35.4 Å². The van der Waals surface area contributed by atoms with Gasteiger partial charge >= 0.3 is 0 Å². The quantitative estimate of drug-likeness (QED) is 0.797. The van der Waals surface area contributed by atoms with Crippen LogP contribution in [0.1, 0.15) is 18.9 Å². The molecule has 1 saturated heterocycles. The Morgan fingerprint density at radius 1 is 1.38 bits per heavy atom. The molecule has 72 valence electrons. The molecule has 0 amide bonds. The minimum absolute atomic E-state index is 0.514. The molecule has 0 spiro atoms. The fourth-order valence-electron chi connectivity index (χ4n) is 1.59. The van der Waals surface area contributed by atoms with Crippen LogP contribution >= 0.6 is 31.9 Å². The second-order valence-corrected chi connectivity index (χ2v) is 4.59. The highest BCUT2D eigenvalue weighted by atomic mass is 79.9. The molecule has 0 bridgehead atoms. The zero-order chi connectivity index (χ0) is 9.26. The van der Waals surface area contributed by atoms with Crippen molar-refractivity contribution in [2.24, 2.45) is 0 Å². The van der Waals surface area contributed by atoms with Gasteiger partial charge in [-0.25, -0.2) is 4.98 Å². The predicted molar refractivity (Wildman–Crippen MR) is 56.7 cm³/mol. The molecule has 0 radical (unpaired) electrons. The Bertz CT molecular complexity index is 275. The maximum atomic E-state index is 5.31. The van der Waals surface area contributed by atoms with Crippen molar-refractivity contribution in [1.29, 1.82) is 0 Å². The average molecular weight is 310 g/mol. The average Bonchev–Trinajstić information content (AvgIpc) is 2.48. The summed E-state index contributed by atoms with van der Waals surface area (Å²) in [5.41, 5.74) is 0. The van der Waals surface area contributed by atoms with Crippen molar-refractivity contribution in [3.8, 4) is 0 Å². The lowest BCUT2D eigenvalue weighted by molar-refractivity contribution is 0.0684. The lowest BCUT2D eigenvalue weighted by Gasteiger charge is -2.24. The fraction of sp³-hybridized carbons (Fsp3) is 0.625. The van der Waals surface area contributed by atoms with Crippen molar-refractivity contribution >= 4 is 31.9 Å². The Hall–Kier alpha value is 0.130. The maximum absolute atomic E-state index is 5.31. The number of hydrogen-bond donors (Lipinski definition) is 0. The van der Waals surface area contributed by atoms with Gasteiger partial charge in [-0.1, -0.05) is 0 Å². The van der Waals surface area contributed by atoms with Gasteiger partial charge in [0.1, 0.15) is 4.60 Å². The summed E-state index contributed by atoms with van der Waals surface area (Å²) in [4.78, 5) is 4.18. The SMILES string of the molecule is Brc1cnc(Br)n1C1CCOCC1. The number of nitrogens with zero attached hydrogens (tertiary/aromatic N) is 2. The van der Waals surface area contributed by atoms with Gasteiger partial charge < -0.3 is 9.30 Å². The molecule has 13 heavy (non-hydrogen) atoms. The molecule has 0 aliphatic carbocycles. The van der Waals surface area contributed by atoms with Gasteiger partial charge in [-0.3, -0.25) is 0 Å². The van der Waals surface area contributed by atoms with Crippen LogP contribution in [-0.2, 0) is 4.74 Å². The van der Waals surface area contributed by atoms with E-state index >= 15 is 0 Å². The van der Waals surface area contributed by atoms with Crippen LogP contribution in [0, 0.1) is 0 Å². The highest BCUT2D eigenvalue weighted by Gasteiger charge is 2.19. The summed E-state index contributed by atoms with van der Waals surface area (Å²) in [6.45, 7) is 1.70. The zero-order valence-corrected chi connectivity index (χ0v) is 10.2. The van der Waals surface area contributed by atoms with E-state index in [1.807, 2.05) is 6.20 Å². The second kappa shape index (κ2) is 4.11. The van der Waals surface area contributed by atoms with Gasteiger partial charge in [-0.15, -0.1) is 0 Å². The Balaban J connectivity index is 2.22. The first-order chi connectivity index (χ1) is 6.29. The highest BCUT2D eigenvalue weighted by molar-refractivity contribution is 9.11. The molecule has 2 heterocycles. The minimum Gasteiger partial charge on any atom is -0.381 e. The van der Waals surface area contributed by atoms with Crippen molar-refractivity contribution in [2.45, 2.75) is 18.9 Å². The van der Waals surface area contributed by atoms with Crippen LogP contribution in [0.4, 0.5) is 0 Å². The standard InChI is InChI=1S/C8H10Br2N2O/c9-7-5-11-8(10)12(7)6-1-3-13-4-2-6/h5-6H,1-4H2. The fourth-order valence-corrected chi connectivity index (χ4v) is 2.97. The topological polar surface area (TPSA) is 27.1 Å². The number of aromatic nitrogens is 2. The first-order valence-electron chi connectivity index (χ1n) is 4.25. The maximum Gasteiger partial charge on any atom is 0.178 e. The van der Waals surface area contributed by atoms with E-state index in [4.69, 9.17) is 4.74 Å². The van der Waals surface area contributed by atoms with Crippen molar-refractivity contribution in [3.63, 3.8) is 0 Å². The molecule has 1 aromatic heterocycles. The summed E-state index contributed by atoms with van der Waals surface area (Å²) in [6, 6.07) is 0.514. The normalized spacial score (nSPS) is 19.2. The molecule has 2 rings (SSSR count). The van der Waals surface area contributed by atoms with Gasteiger partial charge in [0, 0.05) is 19.3 Å². The zero-order valence-electron chi connectivity index (χ0n) is 7.04. The van der Waals surface area contributed by atoms with Gasteiger partial charge in [-0.2, -0.15) is 0 Å². The second-order valence-electron chi connectivity index (χ2n) is 3.06. The molecule has 1 aromatic rings. The third kappa shape index (κ3) is 1.97. The lowest BCUT2D eigenvalue weighted by atomic mass is 10.1. The van der Waals surface area contributed by atoms with Crippen LogP contribution in [-0.4, -0.2) is 22.8 Å². The molecule has 5 heteroatoms. The summed E-state index contributed by atoms with van der Waals surface area (Å²) in [5, 5.41) is 0. The first-order valence-corrected chi connectivity index (χ1v) is 5.83. The van der Waals surface area contributed by atoms with Crippen molar-refractivity contribution in [3.05, 3.63) is 15.5 Å². The highest BCUT2D eigenvalue weighted by Crippen LogP contribution is 2.29. The van der Waals surface area contributed by atoms with E-state index in [2.05, 4.69) is 41.4 Å². The Morgan fingerprint density at radius 2 is 2.08 bits per heavy atom. The van der Waals surface area contributed by atoms with Crippen LogP contribution in [0.15, 0.2) is 15.5 Å². The number of rotatable bonds is 1. The van der Waals surface area contributed by atoms with E-state index in [1.54, 1.807) is 0 Å². The summed E-state index contributed by atoms with van der Waals surface area (Å²) in [6.07, 6.45) is 3.95. The molecule has 0 aromatic carbocycles. The molecular weight excluding hydrogens is 300 g/mol. The van der Waals surface area contributed by atoms with Crippen LogP contribution in [0.25, 0.3) is 0 Å². The number of hydrogen-bond acceptors (Lipinski definition) is 2. The summed E-state index contributed by atoms with van der Waals surface area (Å²) >= 11 is 6.92. The van der Waals surface area contributed by atoms with E-state index in [9.17, 15) is 0 Å². The van der Waals surface area contributed by atoms with Crippen LogP contribution in [0.3, 0.4) is 0 Å². The molecule has 0 saturated carbocycles. The molecule has 0 N–H and O–H groups in total. The largest absolute Gasteiger partial charge is 0.381 e. The Labute approximate surface area is 93.7 Å². The minimum atomic E-state index is 0.514. The van der Waals surface area contributed by atoms with E-state index in [0.29, 0.717) is 6.04 Å². The Morgan fingerprint density at radius 3 is 2.62 bits per heavy atom. The molecule has 1 aliphatic heterocycles. The molecule has 0 atom stereocenters. The van der Waals surface area contributed by atoms with Crippen LogP contribution in [0.2, 0.25) is 0 Å². The van der Waals surface area contributed by atoms with Crippen LogP contribution < -0.4 is 0 Å². The first kappa shape index (κ1) is 9.68. The van der Waals surface area contributed by atoms with Gasteiger partial charge in [-0.05, 0) is 44.7 Å². The number of ether oxygens (including phenoxy) is 1. The van der Waals surface area contributed by atoms with E-state index in [1.165, 1.54) is 0 Å². The van der Waals surface area contributed by atoms with Crippen molar-refractivity contribution in [1.82, 2.24) is 9.55 Å². The molecule has 3 nitrogen and oxygen atoms in total. The lowest BCUT2D eigenvalue weighted by Crippen LogP contribution is -2.19. The van der Waals surface area contributed by atoms with Crippen molar-refractivity contribution in [2.75, 3.05) is 13.2 Å². The third-order valence-corrected chi connectivity index (χ3v) is 3.44. The summed E-state index contributed by atoms with van der Waals surface area (Å²) < 4.78 is 9.41. The van der Waals surface area contributed by atoms with Gasteiger partial charge in [0.2, 0.25) is 0 Å². The van der Waals surface area contributed by atoms with Gasteiger partial charge in [0.25, 0.3) is 0 Å². The number of imidazole rings is 1. The third-order valence-electron chi connectivity index (χ3n) is 2.26. The number of halogens is 2. The summed E-state index contributed by atoms with van der Waals surface area (Å²) in [5.74, 6) is 0. The van der Waals surface area contributed by atoms with Gasteiger partial charge in [0.05, 0.1) is 6.20 Å². The molecule has 1 fully saturated rings. The van der Waals surface area contributed by atoms with Gasteiger partial charge in [0.15, 0.2) is 4.73 Å². The smallest absolute Gasteiger partial charge is 0.178 e. The van der Waals surface area contributed by atoms with E-state index in [-0.39, 0.29) is 0 Å². The summed E-state index contributed by atoms with van der Waals surface area (Å²) in [7, 11) is 0. The molecule has 0 unspecified atom stereocenters. The van der Waals surface area contributed by atoms with Crippen LogP contribution in [0.5, 0.6) is 0 Å². The van der Waals surface area contributed by atoms with E-state index < -0.39 is 0 Å².